The first-order valence-electron chi connectivity index (χ1n) is 6.55. The maximum atomic E-state index is 11.0. The molecule has 0 aromatic heterocycles. The molecule has 0 aromatic carbocycles. The fraction of sp³-hybridized carbons (Fsp3) is 0.929. The minimum absolute atomic E-state index is 0.269. The summed E-state index contributed by atoms with van der Waals surface area (Å²) in [6.45, 7) is 6.98. The highest BCUT2D eigenvalue weighted by atomic mass is 16.1. The Morgan fingerprint density at radius 3 is 2.73 bits per heavy atom. The average molecular weight is 208 g/mol. The molecular formula is C14H24O. The van der Waals surface area contributed by atoms with Crippen molar-refractivity contribution in [2.45, 2.75) is 52.9 Å². The van der Waals surface area contributed by atoms with Gasteiger partial charge in [-0.25, -0.2) is 0 Å². The van der Waals surface area contributed by atoms with Gasteiger partial charge in [0.2, 0.25) is 0 Å². The summed E-state index contributed by atoms with van der Waals surface area (Å²) in [6, 6.07) is 0. The van der Waals surface area contributed by atoms with Gasteiger partial charge in [-0.1, -0.05) is 33.6 Å². The zero-order chi connectivity index (χ0) is 11.1. The fourth-order valence-electron chi connectivity index (χ4n) is 4.56. The largest absolute Gasteiger partial charge is 0.303 e. The molecule has 0 N–H and O–H groups in total. The monoisotopic (exact) mass is 208 g/mol. The van der Waals surface area contributed by atoms with E-state index < -0.39 is 0 Å². The molecule has 2 aliphatic rings. The van der Waals surface area contributed by atoms with Gasteiger partial charge in [0.1, 0.15) is 6.29 Å². The Morgan fingerprint density at radius 2 is 2.07 bits per heavy atom. The highest BCUT2D eigenvalue weighted by Gasteiger charge is 2.51. The number of aldehydes is 1. The zero-order valence-electron chi connectivity index (χ0n) is 10.3. The van der Waals surface area contributed by atoms with Crippen LogP contribution in [0.4, 0.5) is 0 Å². The van der Waals surface area contributed by atoms with Crippen molar-refractivity contribution in [3.63, 3.8) is 0 Å². The van der Waals surface area contributed by atoms with Crippen molar-refractivity contribution >= 4 is 6.29 Å². The van der Waals surface area contributed by atoms with E-state index in [4.69, 9.17) is 0 Å². The third-order valence-corrected chi connectivity index (χ3v) is 5.39. The van der Waals surface area contributed by atoms with E-state index in [2.05, 4.69) is 20.8 Å². The molecule has 0 bridgehead atoms. The standard InChI is InChI=1S/C14H24O/c1-10-5-4-8-14(3)12(10)6-7-13(14)11(2)9-15/h9-13H,4-8H2,1-3H3. The lowest BCUT2D eigenvalue weighted by atomic mass is 9.60. The van der Waals surface area contributed by atoms with Gasteiger partial charge in [0.25, 0.3) is 0 Å². The van der Waals surface area contributed by atoms with Gasteiger partial charge in [-0.15, -0.1) is 0 Å². The second-order valence-corrected chi connectivity index (χ2v) is 6.16. The molecule has 2 rings (SSSR count). The van der Waals surface area contributed by atoms with E-state index in [-0.39, 0.29) is 5.92 Å². The molecule has 0 heterocycles. The van der Waals surface area contributed by atoms with Crippen LogP contribution in [0.25, 0.3) is 0 Å². The van der Waals surface area contributed by atoms with Gasteiger partial charge in [0, 0.05) is 5.92 Å². The van der Waals surface area contributed by atoms with Crippen LogP contribution in [-0.2, 0) is 4.79 Å². The molecule has 1 heteroatoms. The number of carbonyl (C=O) groups is 1. The molecule has 15 heavy (non-hydrogen) atoms. The predicted octanol–water partition coefficient (Wildman–Crippen LogP) is 3.67. The molecule has 0 amide bonds. The van der Waals surface area contributed by atoms with E-state index in [0.717, 1.165) is 11.8 Å². The summed E-state index contributed by atoms with van der Waals surface area (Å²) in [4.78, 5) is 11.0. The van der Waals surface area contributed by atoms with Crippen molar-refractivity contribution in [1.82, 2.24) is 0 Å². The molecule has 2 aliphatic carbocycles. The van der Waals surface area contributed by atoms with E-state index in [1.807, 2.05) is 0 Å². The first-order valence-corrected chi connectivity index (χ1v) is 6.55. The number of fused-ring (bicyclic) bond motifs is 1. The van der Waals surface area contributed by atoms with Crippen LogP contribution in [0, 0.1) is 29.1 Å². The molecule has 0 aromatic rings. The summed E-state index contributed by atoms with van der Waals surface area (Å²) in [5.41, 5.74) is 0.470. The van der Waals surface area contributed by atoms with Crippen LogP contribution in [0.5, 0.6) is 0 Å². The van der Waals surface area contributed by atoms with Crippen molar-refractivity contribution < 1.29 is 4.79 Å². The van der Waals surface area contributed by atoms with Gasteiger partial charge in [0.05, 0.1) is 0 Å². The average Bonchev–Trinajstić information content (AvgIpc) is 2.56. The van der Waals surface area contributed by atoms with E-state index in [0.29, 0.717) is 11.3 Å². The van der Waals surface area contributed by atoms with Gasteiger partial charge in [0.15, 0.2) is 0 Å². The van der Waals surface area contributed by atoms with Crippen molar-refractivity contribution in [3.05, 3.63) is 0 Å². The van der Waals surface area contributed by atoms with Crippen LogP contribution in [0.1, 0.15) is 52.9 Å². The predicted molar refractivity (Wildman–Crippen MR) is 62.6 cm³/mol. The highest BCUT2D eigenvalue weighted by Crippen LogP contribution is 2.59. The molecule has 5 unspecified atom stereocenters. The quantitative estimate of drug-likeness (QED) is 0.633. The van der Waals surface area contributed by atoms with E-state index in [1.165, 1.54) is 38.4 Å². The minimum Gasteiger partial charge on any atom is -0.303 e. The lowest BCUT2D eigenvalue weighted by Gasteiger charge is -2.45. The van der Waals surface area contributed by atoms with Crippen LogP contribution >= 0.6 is 0 Å². The molecule has 0 radical (unpaired) electrons. The first kappa shape index (κ1) is 11.2. The lowest BCUT2D eigenvalue weighted by Crippen LogP contribution is -2.38. The number of rotatable bonds is 2. The Balaban J connectivity index is 2.20. The minimum atomic E-state index is 0.269. The van der Waals surface area contributed by atoms with Crippen LogP contribution in [0.15, 0.2) is 0 Å². The molecule has 0 aliphatic heterocycles. The van der Waals surface area contributed by atoms with Crippen LogP contribution in [0.3, 0.4) is 0 Å². The maximum absolute atomic E-state index is 11.0. The lowest BCUT2D eigenvalue weighted by molar-refractivity contribution is -0.114. The summed E-state index contributed by atoms with van der Waals surface area (Å²) in [5, 5.41) is 0. The smallest absolute Gasteiger partial charge is 0.123 e. The summed E-state index contributed by atoms with van der Waals surface area (Å²) >= 11 is 0. The fourth-order valence-corrected chi connectivity index (χ4v) is 4.56. The number of hydrogen-bond acceptors (Lipinski definition) is 1. The van der Waals surface area contributed by atoms with Crippen molar-refractivity contribution in [3.8, 4) is 0 Å². The Hall–Kier alpha value is -0.330. The second-order valence-electron chi connectivity index (χ2n) is 6.16. The SMILES string of the molecule is CC(C=O)C1CCC2C(C)CCCC12C. The molecule has 0 saturated heterocycles. The molecule has 5 atom stereocenters. The van der Waals surface area contributed by atoms with Gasteiger partial charge in [-0.3, -0.25) is 0 Å². The maximum Gasteiger partial charge on any atom is 0.123 e. The van der Waals surface area contributed by atoms with Crippen LogP contribution in [0.2, 0.25) is 0 Å². The first-order chi connectivity index (χ1) is 7.09. The molecule has 2 saturated carbocycles. The van der Waals surface area contributed by atoms with Crippen molar-refractivity contribution in [1.29, 1.82) is 0 Å². The highest BCUT2D eigenvalue weighted by molar-refractivity contribution is 5.53. The molecular weight excluding hydrogens is 184 g/mol. The summed E-state index contributed by atoms with van der Waals surface area (Å²) in [6.07, 6.45) is 7.95. The third-order valence-electron chi connectivity index (χ3n) is 5.39. The molecule has 1 nitrogen and oxygen atoms in total. The Bertz CT molecular complexity index is 248. The van der Waals surface area contributed by atoms with Gasteiger partial charge < -0.3 is 4.79 Å². The van der Waals surface area contributed by atoms with Gasteiger partial charge in [-0.2, -0.15) is 0 Å². The Kier molecular flexibility index (Phi) is 2.92. The Morgan fingerprint density at radius 1 is 1.33 bits per heavy atom. The van der Waals surface area contributed by atoms with Crippen LogP contribution < -0.4 is 0 Å². The summed E-state index contributed by atoms with van der Waals surface area (Å²) in [7, 11) is 0. The third kappa shape index (κ3) is 1.64. The van der Waals surface area contributed by atoms with Gasteiger partial charge in [-0.05, 0) is 42.4 Å². The van der Waals surface area contributed by atoms with E-state index >= 15 is 0 Å². The van der Waals surface area contributed by atoms with Crippen molar-refractivity contribution in [2.75, 3.05) is 0 Å². The summed E-state index contributed by atoms with van der Waals surface area (Å²) < 4.78 is 0. The Labute approximate surface area is 93.6 Å². The summed E-state index contributed by atoms with van der Waals surface area (Å²) in [5.74, 6) is 2.69. The second kappa shape index (κ2) is 3.92. The number of carbonyl (C=O) groups excluding carboxylic acids is 1. The molecule has 86 valence electrons. The molecule has 0 spiro atoms. The van der Waals surface area contributed by atoms with E-state index in [1.54, 1.807) is 0 Å². The van der Waals surface area contributed by atoms with Crippen molar-refractivity contribution in [2.24, 2.45) is 29.1 Å². The topological polar surface area (TPSA) is 17.1 Å². The zero-order valence-corrected chi connectivity index (χ0v) is 10.3. The number of hydrogen-bond donors (Lipinski definition) is 0. The normalized spacial score (nSPS) is 47.3. The molecule has 2 fully saturated rings. The van der Waals surface area contributed by atoms with Crippen LogP contribution in [-0.4, -0.2) is 6.29 Å². The van der Waals surface area contributed by atoms with E-state index in [9.17, 15) is 4.79 Å². The van der Waals surface area contributed by atoms with Gasteiger partial charge >= 0.3 is 0 Å².